The molecule has 2 aromatic rings. The van der Waals surface area contributed by atoms with Crippen LogP contribution >= 0.6 is 23.2 Å². The van der Waals surface area contributed by atoms with Crippen LogP contribution in [0.15, 0.2) is 42.5 Å². The molecule has 0 saturated heterocycles. The zero-order valence-corrected chi connectivity index (χ0v) is 14.1. The molecule has 2 amide bonds. The maximum atomic E-state index is 13.6. The Bertz CT molecular complexity index is 716. The lowest BCUT2D eigenvalue weighted by Gasteiger charge is -2.09. The minimum Gasteiger partial charge on any atom is -0.354 e. The van der Waals surface area contributed by atoms with E-state index in [1.807, 2.05) is 0 Å². The van der Waals surface area contributed by atoms with Crippen LogP contribution in [-0.4, -0.2) is 24.9 Å². The van der Waals surface area contributed by atoms with Gasteiger partial charge in [-0.2, -0.15) is 0 Å². The van der Waals surface area contributed by atoms with E-state index in [-0.39, 0.29) is 41.9 Å². The highest BCUT2D eigenvalue weighted by atomic mass is 35.5. The second-order valence-corrected chi connectivity index (χ2v) is 5.83. The third kappa shape index (κ3) is 5.22. The van der Waals surface area contributed by atoms with Crippen molar-refractivity contribution in [3.05, 3.63) is 69.5 Å². The SMILES string of the molecule is O=C(Cc1c(F)cccc1Cl)NCCNC(=O)c1ccc(Cl)cc1. The number of amides is 2. The fourth-order valence-electron chi connectivity index (χ4n) is 2.01. The van der Waals surface area contributed by atoms with Crippen LogP contribution in [0.1, 0.15) is 15.9 Å². The first-order valence-corrected chi connectivity index (χ1v) is 7.96. The van der Waals surface area contributed by atoms with E-state index in [9.17, 15) is 14.0 Å². The van der Waals surface area contributed by atoms with Crippen molar-refractivity contribution in [3.8, 4) is 0 Å². The van der Waals surface area contributed by atoms with Crippen LogP contribution in [0.5, 0.6) is 0 Å². The fourth-order valence-corrected chi connectivity index (χ4v) is 2.36. The first kappa shape index (κ1) is 18.2. The topological polar surface area (TPSA) is 58.2 Å². The van der Waals surface area contributed by atoms with E-state index in [2.05, 4.69) is 10.6 Å². The molecular formula is C17H15Cl2FN2O2. The van der Waals surface area contributed by atoms with Crippen LogP contribution in [-0.2, 0) is 11.2 Å². The number of hydrogen-bond acceptors (Lipinski definition) is 2. The highest BCUT2D eigenvalue weighted by Crippen LogP contribution is 2.19. The number of benzene rings is 2. The molecule has 2 rings (SSSR count). The number of carbonyl (C=O) groups excluding carboxylic acids is 2. The molecule has 0 atom stereocenters. The Morgan fingerprint density at radius 3 is 2.29 bits per heavy atom. The van der Waals surface area contributed by atoms with Crippen LogP contribution < -0.4 is 10.6 Å². The Balaban J connectivity index is 1.75. The van der Waals surface area contributed by atoms with Crippen LogP contribution in [0, 0.1) is 5.82 Å². The molecule has 0 aliphatic rings. The third-order valence-electron chi connectivity index (χ3n) is 3.24. The summed E-state index contributed by atoms with van der Waals surface area (Å²) < 4.78 is 13.6. The summed E-state index contributed by atoms with van der Waals surface area (Å²) in [6.45, 7) is 0.475. The largest absolute Gasteiger partial charge is 0.354 e. The molecule has 0 unspecified atom stereocenters. The number of hydrogen-bond donors (Lipinski definition) is 2. The summed E-state index contributed by atoms with van der Waals surface area (Å²) in [6.07, 6.45) is -0.156. The molecule has 2 N–H and O–H groups in total. The van der Waals surface area contributed by atoms with E-state index in [1.165, 1.54) is 18.2 Å². The molecule has 0 saturated carbocycles. The molecule has 0 bridgehead atoms. The molecule has 0 radical (unpaired) electrons. The second kappa shape index (κ2) is 8.66. The molecule has 0 heterocycles. The highest BCUT2D eigenvalue weighted by molar-refractivity contribution is 6.31. The Morgan fingerprint density at radius 1 is 0.958 bits per heavy atom. The Hall–Kier alpha value is -2.11. The number of nitrogens with one attached hydrogen (secondary N) is 2. The molecule has 0 aliphatic carbocycles. The van der Waals surface area contributed by atoms with Crippen molar-refractivity contribution in [1.29, 1.82) is 0 Å². The van der Waals surface area contributed by atoms with Gasteiger partial charge in [-0.25, -0.2) is 4.39 Å². The molecule has 4 nitrogen and oxygen atoms in total. The molecule has 126 valence electrons. The van der Waals surface area contributed by atoms with Crippen LogP contribution in [0.3, 0.4) is 0 Å². The maximum absolute atomic E-state index is 13.6. The van der Waals surface area contributed by atoms with Crippen molar-refractivity contribution in [2.75, 3.05) is 13.1 Å². The molecule has 0 spiro atoms. The van der Waals surface area contributed by atoms with Gasteiger partial charge in [-0.15, -0.1) is 0 Å². The van der Waals surface area contributed by atoms with Crippen molar-refractivity contribution in [3.63, 3.8) is 0 Å². The number of halogens is 3. The quantitative estimate of drug-likeness (QED) is 0.769. The normalized spacial score (nSPS) is 10.3. The first-order chi connectivity index (χ1) is 11.5. The molecule has 24 heavy (non-hydrogen) atoms. The van der Waals surface area contributed by atoms with Crippen molar-refractivity contribution < 1.29 is 14.0 Å². The first-order valence-electron chi connectivity index (χ1n) is 7.20. The second-order valence-electron chi connectivity index (χ2n) is 4.99. The van der Waals surface area contributed by atoms with E-state index < -0.39 is 5.82 Å². The van der Waals surface area contributed by atoms with Crippen molar-refractivity contribution in [2.45, 2.75) is 6.42 Å². The van der Waals surface area contributed by atoms with E-state index in [0.29, 0.717) is 10.6 Å². The third-order valence-corrected chi connectivity index (χ3v) is 3.84. The smallest absolute Gasteiger partial charge is 0.251 e. The zero-order valence-electron chi connectivity index (χ0n) is 12.6. The van der Waals surface area contributed by atoms with E-state index in [4.69, 9.17) is 23.2 Å². The van der Waals surface area contributed by atoms with Gasteiger partial charge in [0.1, 0.15) is 5.82 Å². The van der Waals surface area contributed by atoms with Crippen molar-refractivity contribution in [1.82, 2.24) is 10.6 Å². The number of carbonyl (C=O) groups is 2. The van der Waals surface area contributed by atoms with Gasteiger partial charge in [0.25, 0.3) is 5.91 Å². The average molecular weight is 369 g/mol. The summed E-state index contributed by atoms with van der Waals surface area (Å²) >= 11 is 11.6. The van der Waals surface area contributed by atoms with Crippen LogP contribution in [0.4, 0.5) is 4.39 Å². The van der Waals surface area contributed by atoms with E-state index in [1.54, 1.807) is 24.3 Å². The monoisotopic (exact) mass is 368 g/mol. The van der Waals surface area contributed by atoms with Crippen molar-refractivity contribution in [2.24, 2.45) is 0 Å². The lowest BCUT2D eigenvalue weighted by molar-refractivity contribution is -0.120. The lowest BCUT2D eigenvalue weighted by atomic mass is 10.1. The summed E-state index contributed by atoms with van der Waals surface area (Å²) in [5.74, 6) is -1.16. The van der Waals surface area contributed by atoms with Gasteiger partial charge in [-0.3, -0.25) is 9.59 Å². The summed E-state index contributed by atoms with van der Waals surface area (Å²) in [4.78, 5) is 23.7. The Labute approximate surface area is 149 Å². The van der Waals surface area contributed by atoms with Gasteiger partial charge < -0.3 is 10.6 Å². The summed E-state index contributed by atoms with van der Waals surface area (Å²) in [5, 5.41) is 6.02. The van der Waals surface area contributed by atoms with Gasteiger partial charge >= 0.3 is 0 Å². The molecule has 7 heteroatoms. The summed E-state index contributed by atoms with van der Waals surface area (Å²) in [6, 6.07) is 10.7. The highest BCUT2D eigenvalue weighted by Gasteiger charge is 2.11. The summed E-state index contributed by atoms with van der Waals surface area (Å²) in [7, 11) is 0. The maximum Gasteiger partial charge on any atom is 0.251 e. The van der Waals surface area contributed by atoms with E-state index in [0.717, 1.165) is 0 Å². The van der Waals surface area contributed by atoms with Gasteiger partial charge in [0.05, 0.1) is 6.42 Å². The van der Waals surface area contributed by atoms with Gasteiger partial charge in [-0.05, 0) is 36.4 Å². The van der Waals surface area contributed by atoms with Gasteiger partial charge in [0.15, 0.2) is 0 Å². The van der Waals surface area contributed by atoms with Crippen molar-refractivity contribution >= 4 is 35.0 Å². The predicted molar refractivity (Wildman–Crippen MR) is 91.9 cm³/mol. The molecule has 0 aromatic heterocycles. The minimum atomic E-state index is -0.520. The van der Waals surface area contributed by atoms with Crippen LogP contribution in [0.2, 0.25) is 10.0 Å². The van der Waals surface area contributed by atoms with Gasteiger partial charge in [0, 0.05) is 34.3 Å². The van der Waals surface area contributed by atoms with E-state index >= 15 is 0 Å². The molecular weight excluding hydrogens is 354 g/mol. The summed E-state index contributed by atoms with van der Waals surface area (Å²) in [5.41, 5.74) is 0.630. The molecule has 0 aliphatic heterocycles. The van der Waals surface area contributed by atoms with Crippen LogP contribution in [0.25, 0.3) is 0 Å². The zero-order chi connectivity index (χ0) is 17.5. The Kier molecular flexibility index (Phi) is 6.58. The average Bonchev–Trinajstić information content (AvgIpc) is 2.55. The minimum absolute atomic E-state index is 0.155. The molecule has 2 aromatic carbocycles. The van der Waals surface area contributed by atoms with Gasteiger partial charge in [-0.1, -0.05) is 29.3 Å². The fraction of sp³-hybridized carbons (Fsp3) is 0.176. The predicted octanol–water partition coefficient (Wildman–Crippen LogP) is 3.22. The molecule has 0 fully saturated rings. The van der Waals surface area contributed by atoms with Gasteiger partial charge in [0.2, 0.25) is 5.91 Å². The number of rotatable bonds is 6. The Morgan fingerprint density at radius 2 is 1.62 bits per heavy atom. The standard InChI is InChI=1S/C17H15Cl2FN2O2/c18-12-6-4-11(5-7-12)17(24)22-9-8-21-16(23)10-13-14(19)2-1-3-15(13)20/h1-7H,8-10H2,(H,21,23)(H,22,24). The lowest BCUT2D eigenvalue weighted by Crippen LogP contribution is -2.35.